The molecule has 1 aromatic heterocycles. The number of nitrogens with one attached hydrogen (secondary N) is 1. The van der Waals surface area contributed by atoms with Gasteiger partial charge in [-0.2, -0.15) is 0 Å². The van der Waals surface area contributed by atoms with Crippen molar-refractivity contribution in [1.29, 1.82) is 0 Å². The smallest absolute Gasteiger partial charge is 0.256 e. The minimum Gasteiger partial charge on any atom is -0.306 e. The van der Waals surface area contributed by atoms with E-state index in [1.54, 1.807) is 24.3 Å². The van der Waals surface area contributed by atoms with Crippen LogP contribution in [0.4, 0.5) is 5.82 Å². The van der Waals surface area contributed by atoms with Crippen LogP contribution < -0.4 is 5.32 Å². The molecule has 0 aliphatic rings. The second kappa shape index (κ2) is 5.80. The first-order valence-corrected chi connectivity index (χ1v) is 6.05. The SMILES string of the molecule is O=C(Nc1ccnc(Cl)n1)c1cccc(CCl)c1. The van der Waals surface area contributed by atoms with E-state index in [0.29, 0.717) is 17.3 Å². The van der Waals surface area contributed by atoms with Crippen LogP contribution in [-0.4, -0.2) is 15.9 Å². The molecule has 0 aliphatic carbocycles. The quantitative estimate of drug-likeness (QED) is 0.695. The number of nitrogens with zero attached hydrogens (tertiary/aromatic N) is 2. The summed E-state index contributed by atoms with van der Waals surface area (Å²) in [5.74, 6) is 0.452. The van der Waals surface area contributed by atoms with Gasteiger partial charge < -0.3 is 5.32 Å². The number of hydrogen-bond acceptors (Lipinski definition) is 3. The van der Waals surface area contributed by atoms with E-state index in [0.717, 1.165) is 5.56 Å². The summed E-state index contributed by atoms with van der Waals surface area (Å²) in [6.07, 6.45) is 1.47. The zero-order valence-corrected chi connectivity index (χ0v) is 10.7. The first-order chi connectivity index (χ1) is 8.69. The standard InChI is InChI=1S/C12H9Cl2N3O/c13-7-8-2-1-3-9(6-8)11(18)16-10-4-5-15-12(14)17-10/h1-6H,7H2,(H,15,16,17,18). The first kappa shape index (κ1) is 12.8. The molecule has 0 spiro atoms. The van der Waals surface area contributed by atoms with Gasteiger partial charge in [0, 0.05) is 17.6 Å². The van der Waals surface area contributed by atoms with Gasteiger partial charge in [0.15, 0.2) is 0 Å². The van der Waals surface area contributed by atoms with Crippen LogP contribution in [0.15, 0.2) is 36.5 Å². The lowest BCUT2D eigenvalue weighted by molar-refractivity contribution is 0.102. The summed E-state index contributed by atoms with van der Waals surface area (Å²) in [5.41, 5.74) is 1.40. The predicted octanol–water partition coefficient (Wildman–Crippen LogP) is 3.12. The van der Waals surface area contributed by atoms with Gasteiger partial charge in [0.05, 0.1) is 0 Å². The van der Waals surface area contributed by atoms with Gasteiger partial charge in [0.2, 0.25) is 5.28 Å². The average Bonchev–Trinajstić information content (AvgIpc) is 2.39. The zero-order chi connectivity index (χ0) is 13.0. The maximum atomic E-state index is 11.9. The second-order valence-corrected chi connectivity index (χ2v) is 4.10. The Kier molecular flexibility index (Phi) is 4.12. The number of hydrogen-bond donors (Lipinski definition) is 1. The topological polar surface area (TPSA) is 54.9 Å². The molecule has 0 unspecified atom stereocenters. The van der Waals surface area contributed by atoms with E-state index >= 15 is 0 Å². The third-order valence-corrected chi connectivity index (χ3v) is 2.70. The van der Waals surface area contributed by atoms with Gasteiger partial charge in [-0.1, -0.05) is 12.1 Å². The van der Waals surface area contributed by atoms with E-state index in [1.807, 2.05) is 6.07 Å². The van der Waals surface area contributed by atoms with Crippen LogP contribution >= 0.6 is 23.2 Å². The van der Waals surface area contributed by atoms with Gasteiger partial charge in [0.25, 0.3) is 5.91 Å². The normalized spacial score (nSPS) is 10.1. The summed E-state index contributed by atoms with van der Waals surface area (Å²) in [4.78, 5) is 19.5. The number of halogens is 2. The van der Waals surface area contributed by atoms with E-state index in [4.69, 9.17) is 23.2 Å². The fourth-order valence-corrected chi connectivity index (χ4v) is 1.70. The number of rotatable bonds is 3. The number of carbonyl (C=O) groups excluding carboxylic acids is 1. The van der Waals surface area contributed by atoms with Gasteiger partial charge in [0.1, 0.15) is 5.82 Å². The summed E-state index contributed by atoms with van der Waals surface area (Å²) in [6, 6.07) is 8.62. The number of benzene rings is 1. The van der Waals surface area contributed by atoms with Gasteiger partial charge in [-0.25, -0.2) is 9.97 Å². The van der Waals surface area contributed by atoms with Crippen LogP contribution in [0.25, 0.3) is 0 Å². The van der Waals surface area contributed by atoms with E-state index in [2.05, 4.69) is 15.3 Å². The number of aromatic nitrogens is 2. The lowest BCUT2D eigenvalue weighted by Crippen LogP contribution is -2.13. The average molecular weight is 282 g/mol. The van der Waals surface area contributed by atoms with Crippen molar-refractivity contribution in [2.24, 2.45) is 0 Å². The lowest BCUT2D eigenvalue weighted by atomic mass is 10.1. The monoisotopic (exact) mass is 281 g/mol. The van der Waals surface area contributed by atoms with Crippen molar-refractivity contribution in [3.05, 3.63) is 52.9 Å². The molecule has 2 aromatic rings. The minimum absolute atomic E-state index is 0.0855. The molecule has 0 fully saturated rings. The van der Waals surface area contributed by atoms with Crippen LogP contribution in [-0.2, 0) is 5.88 Å². The summed E-state index contributed by atoms with van der Waals surface area (Å²) in [6.45, 7) is 0. The Labute approximate surface area is 114 Å². The number of amides is 1. The minimum atomic E-state index is -0.267. The summed E-state index contributed by atoms with van der Waals surface area (Å²) >= 11 is 11.3. The highest BCUT2D eigenvalue weighted by atomic mass is 35.5. The van der Waals surface area contributed by atoms with Gasteiger partial charge in [-0.3, -0.25) is 4.79 Å². The van der Waals surface area contributed by atoms with Crippen molar-refractivity contribution in [3.8, 4) is 0 Å². The maximum Gasteiger partial charge on any atom is 0.256 e. The van der Waals surface area contributed by atoms with Gasteiger partial charge in [-0.15, -0.1) is 11.6 Å². The summed E-state index contributed by atoms with van der Waals surface area (Å²) in [5, 5.41) is 2.72. The molecule has 1 aromatic carbocycles. The highest BCUT2D eigenvalue weighted by molar-refractivity contribution is 6.28. The highest BCUT2D eigenvalue weighted by Crippen LogP contribution is 2.11. The van der Waals surface area contributed by atoms with Crippen LogP contribution in [0.5, 0.6) is 0 Å². The van der Waals surface area contributed by atoms with Crippen LogP contribution in [0, 0.1) is 0 Å². The van der Waals surface area contributed by atoms with Gasteiger partial charge in [-0.05, 0) is 35.4 Å². The molecule has 0 atom stereocenters. The molecular formula is C12H9Cl2N3O. The van der Waals surface area contributed by atoms with Crippen LogP contribution in [0.1, 0.15) is 15.9 Å². The van der Waals surface area contributed by atoms with Crippen molar-refractivity contribution in [2.75, 3.05) is 5.32 Å². The Morgan fingerprint density at radius 1 is 1.33 bits per heavy atom. The lowest BCUT2D eigenvalue weighted by Gasteiger charge is -2.05. The summed E-state index contributed by atoms with van der Waals surface area (Å²) in [7, 11) is 0. The summed E-state index contributed by atoms with van der Waals surface area (Å²) < 4.78 is 0. The van der Waals surface area contributed by atoms with E-state index in [1.165, 1.54) is 6.20 Å². The molecule has 0 saturated heterocycles. The Hall–Kier alpha value is -1.65. The van der Waals surface area contributed by atoms with Gasteiger partial charge >= 0.3 is 0 Å². The molecule has 1 heterocycles. The highest BCUT2D eigenvalue weighted by Gasteiger charge is 2.07. The zero-order valence-electron chi connectivity index (χ0n) is 9.23. The molecule has 1 amide bonds. The molecule has 4 nitrogen and oxygen atoms in total. The molecule has 92 valence electrons. The predicted molar refractivity (Wildman–Crippen MR) is 71.0 cm³/mol. The van der Waals surface area contributed by atoms with Crippen LogP contribution in [0.2, 0.25) is 5.28 Å². The van der Waals surface area contributed by atoms with E-state index in [9.17, 15) is 4.79 Å². The van der Waals surface area contributed by atoms with Crippen molar-refractivity contribution < 1.29 is 4.79 Å². The molecule has 2 rings (SSSR count). The Morgan fingerprint density at radius 2 is 2.17 bits per heavy atom. The van der Waals surface area contributed by atoms with E-state index in [-0.39, 0.29) is 11.2 Å². The van der Waals surface area contributed by atoms with Crippen molar-refractivity contribution >= 4 is 34.9 Å². The van der Waals surface area contributed by atoms with Crippen LogP contribution in [0.3, 0.4) is 0 Å². The van der Waals surface area contributed by atoms with Crippen molar-refractivity contribution in [3.63, 3.8) is 0 Å². The molecule has 1 N–H and O–H groups in total. The van der Waals surface area contributed by atoms with Crippen molar-refractivity contribution in [1.82, 2.24) is 9.97 Å². The Balaban J connectivity index is 2.16. The third kappa shape index (κ3) is 3.18. The molecule has 0 bridgehead atoms. The molecule has 0 aliphatic heterocycles. The molecule has 0 radical (unpaired) electrons. The molecule has 18 heavy (non-hydrogen) atoms. The number of anilines is 1. The fourth-order valence-electron chi connectivity index (χ4n) is 1.39. The van der Waals surface area contributed by atoms with E-state index < -0.39 is 0 Å². The molecule has 6 heteroatoms. The fraction of sp³-hybridized carbons (Fsp3) is 0.0833. The number of alkyl halides is 1. The Bertz CT molecular complexity index is 575. The maximum absolute atomic E-state index is 11.9. The second-order valence-electron chi connectivity index (χ2n) is 3.50. The molecule has 0 saturated carbocycles. The number of carbonyl (C=O) groups is 1. The third-order valence-electron chi connectivity index (χ3n) is 2.21. The van der Waals surface area contributed by atoms with Crippen molar-refractivity contribution in [2.45, 2.75) is 5.88 Å². The largest absolute Gasteiger partial charge is 0.306 e. The Morgan fingerprint density at radius 3 is 2.89 bits per heavy atom. The molecular weight excluding hydrogens is 273 g/mol. The first-order valence-electron chi connectivity index (χ1n) is 5.14.